The fraction of sp³-hybridized carbons (Fsp3) is 0.650. The molecule has 1 aliphatic heterocycles. The van der Waals surface area contributed by atoms with Crippen molar-refractivity contribution < 1.29 is 9.31 Å². The van der Waals surface area contributed by atoms with Gasteiger partial charge < -0.3 is 4.74 Å². The molecule has 0 N–H and O–H groups in total. The highest BCUT2D eigenvalue weighted by atomic mass is 16.5. The molecule has 0 radical (unpaired) electrons. The minimum atomic E-state index is -0.00484. The van der Waals surface area contributed by atoms with E-state index in [0.29, 0.717) is 12.0 Å². The third-order valence-electron chi connectivity index (χ3n) is 6.00. The molecule has 1 unspecified atom stereocenters. The van der Waals surface area contributed by atoms with E-state index in [1.54, 1.807) is 0 Å². The largest absolute Gasteiger partial charge is 0.437 e. The van der Waals surface area contributed by atoms with Gasteiger partial charge in [0.25, 0.3) is 0 Å². The molecule has 3 rings (SSSR count). The van der Waals surface area contributed by atoms with Crippen molar-refractivity contribution in [3.05, 3.63) is 35.4 Å². The van der Waals surface area contributed by atoms with Crippen molar-refractivity contribution in [2.45, 2.75) is 78.0 Å². The first kappa shape index (κ1) is 15.6. The fourth-order valence-corrected chi connectivity index (χ4v) is 4.63. The number of benzene rings is 1. The second-order valence-electron chi connectivity index (χ2n) is 8.20. The Labute approximate surface area is 135 Å². The van der Waals surface area contributed by atoms with Crippen LogP contribution in [0.2, 0.25) is 0 Å². The van der Waals surface area contributed by atoms with Gasteiger partial charge in [-0.3, -0.25) is 0 Å². The highest BCUT2D eigenvalue weighted by Gasteiger charge is 2.66. The lowest BCUT2D eigenvalue weighted by atomic mass is 9.59. The Bertz CT molecular complexity index is 626. The van der Waals surface area contributed by atoms with Gasteiger partial charge in [-0.2, -0.15) is 4.58 Å². The molecule has 2 atom stereocenters. The molecule has 0 amide bonds. The van der Waals surface area contributed by atoms with Crippen LogP contribution >= 0.6 is 0 Å². The van der Waals surface area contributed by atoms with Crippen LogP contribution in [0.25, 0.3) is 0 Å². The summed E-state index contributed by atoms with van der Waals surface area (Å²) in [5, 5.41) is 0. The predicted octanol–water partition coefficient (Wildman–Crippen LogP) is 4.15. The number of fused-ring (bicyclic) bond motifs is 2. The van der Waals surface area contributed by atoms with Gasteiger partial charge in [-0.15, -0.1) is 0 Å². The van der Waals surface area contributed by atoms with E-state index < -0.39 is 0 Å². The number of nitrogens with zero attached hydrogens (tertiary/aromatic N) is 1. The third-order valence-corrected chi connectivity index (χ3v) is 6.00. The van der Waals surface area contributed by atoms with E-state index in [1.807, 2.05) is 0 Å². The van der Waals surface area contributed by atoms with Crippen LogP contribution in [-0.2, 0) is 16.6 Å². The molecule has 22 heavy (non-hydrogen) atoms. The number of hydrogen-bond acceptors (Lipinski definition) is 1. The van der Waals surface area contributed by atoms with Crippen molar-refractivity contribution in [1.82, 2.24) is 0 Å². The molecule has 0 fully saturated rings. The summed E-state index contributed by atoms with van der Waals surface area (Å²) in [6, 6.07) is 9.35. The van der Waals surface area contributed by atoms with Crippen molar-refractivity contribution >= 4 is 5.90 Å². The highest BCUT2D eigenvalue weighted by molar-refractivity contribution is 5.75. The van der Waals surface area contributed by atoms with Crippen molar-refractivity contribution in [1.29, 1.82) is 0 Å². The van der Waals surface area contributed by atoms with Gasteiger partial charge in [0.2, 0.25) is 5.54 Å². The van der Waals surface area contributed by atoms with E-state index in [0.717, 1.165) is 6.42 Å². The lowest BCUT2D eigenvalue weighted by Crippen LogP contribution is -2.63. The van der Waals surface area contributed by atoms with Crippen LogP contribution in [0.15, 0.2) is 24.3 Å². The molecule has 2 aliphatic rings. The smallest absolute Gasteiger partial charge is 0.340 e. The molecule has 0 saturated heterocycles. The van der Waals surface area contributed by atoms with Gasteiger partial charge in [-0.25, -0.2) is 0 Å². The van der Waals surface area contributed by atoms with Gasteiger partial charge in [0.15, 0.2) is 12.1 Å². The van der Waals surface area contributed by atoms with E-state index in [-0.39, 0.29) is 17.1 Å². The molecule has 1 heterocycles. The topological polar surface area (TPSA) is 12.2 Å². The Kier molecular flexibility index (Phi) is 3.43. The van der Waals surface area contributed by atoms with E-state index in [4.69, 9.17) is 4.74 Å². The Morgan fingerprint density at radius 3 is 2.32 bits per heavy atom. The van der Waals surface area contributed by atoms with Crippen LogP contribution in [0.5, 0.6) is 0 Å². The van der Waals surface area contributed by atoms with E-state index in [2.05, 4.69) is 77.3 Å². The summed E-state index contributed by atoms with van der Waals surface area (Å²) in [4.78, 5) is 0. The minimum Gasteiger partial charge on any atom is -0.437 e. The zero-order valence-corrected chi connectivity index (χ0v) is 15.1. The first-order valence-corrected chi connectivity index (χ1v) is 8.62. The third kappa shape index (κ3) is 1.82. The van der Waals surface area contributed by atoms with Crippen LogP contribution in [-0.4, -0.2) is 28.2 Å². The number of rotatable bonds is 2. The molecular formula is C20H30NO+. The number of ether oxygens (including phenoxy) is 1. The summed E-state index contributed by atoms with van der Waals surface area (Å²) in [7, 11) is 0. The van der Waals surface area contributed by atoms with Crippen molar-refractivity contribution in [2.75, 3.05) is 0 Å². The Morgan fingerprint density at radius 2 is 1.73 bits per heavy atom. The van der Waals surface area contributed by atoms with Crippen molar-refractivity contribution in [3.63, 3.8) is 0 Å². The zero-order chi connectivity index (χ0) is 16.3. The second-order valence-corrected chi connectivity index (χ2v) is 8.20. The maximum absolute atomic E-state index is 6.54. The van der Waals surface area contributed by atoms with Gasteiger partial charge in [0.1, 0.15) is 0 Å². The molecule has 0 saturated carbocycles. The van der Waals surface area contributed by atoms with E-state index in [9.17, 15) is 0 Å². The molecule has 2 heteroatoms. The maximum Gasteiger partial charge on any atom is 0.340 e. The average molecular weight is 300 g/mol. The quantitative estimate of drug-likeness (QED) is 0.747. The normalized spacial score (nSPS) is 29.6. The fourth-order valence-electron chi connectivity index (χ4n) is 4.63. The van der Waals surface area contributed by atoms with Gasteiger partial charge in [-0.05, 0) is 52.7 Å². The van der Waals surface area contributed by atoms with E-state index >= 15 is 0 Å². The first-order valence-electron chi connectivity index (χ1n) is 8.62. The Hall–Kier alpha value is -1.31. The molecule has 0 aromatic heterocycles. The second kappa shape index (κ2) is 4.84. The molecule has 1 aliphatic carbocycles. The monoisotopic (exact) mass is 300 g/mol. The summed E-state index contributed by atoms with van der Waals surface area (Å²) >= 11 is 0. The standard InChI is InChI=1S/C20H30NO/c1-13(2)18-21(14(3)4)20(7)17(22-18)12-15-10-8-9-11-16(15)19(20,5)6/h8-11,13-14,17H,12H2,1-7H3/q+1/t17-,20?/m0/s1. The molecule has 0 bridgehead atoms. The summed E-state index contributed by atoms with van der Waals surface area (Å²) in [6.45, 7) is 16.2. The van der Waals surface area contributed by atoms with Crippen LogP contribution in [0.1, 0.15) is 59.6 Å². The zero-order valence-electron chi connectivity index (χ0n) is 15.1. The molecular weight excluding hydrogens is 270 g/mol. The van der Waals surface area contributed by atoms with Crippen LogP contribution in [0, 0.1) is 5.92 Å². The lowest BCUT2D eigenvalue weighted by molar-refractivity contribution is -0.638. The predicted molar refractivity (Wildman–Crippen MR) is 91.7 cm³/mol. The molecule has 1 aromatic rings. The first-order chi connectivity index (χ1) is 10.2. The van der Waals surface area contributed by atoms with Gasteiger partial charge in [0, 0.05) is 13.3 Å². The average Bonchev–Trinajstić information content (AvgIpc) is 2.74. The summed E-state index contributed by atoms with van der Waals surface area (Å²) in [5.74, 6) is 1.59. The number of hydrogen-bond donors (Lipinski definition) is 0. The minimum absolute atomic E-state index is 0.00484. The summed E-state index contributed by atoms with van der Waals surface area (Å²) < 4.78 is 9.11. The lowest BCUT2D eigenvalue weighted by Gasteiger charge is -2.46. The van der Waals surface area contributed by atoms with Gasteiger partial charge in [-0.1, -0.05) is 24.3 Å². The molecule has 0 spiro atoms. The van der Waals surface area contributed by atoms with Crippen molar-refractivity contribution in [2.24, 2.45) is 5.92 Å². The maximum atomic E-state index is 6.54. The summed E-state index contributed by atoms with van der Waals surface area (Å²) in [5.41, 5.74) is 2.97. The molecule has 120 valence electrons. The summed E-state index contributed by atoms with van der Waals surface area (Å²) in [6.07, 6.45) is 1.24. The SMILES string of the molecule is CC(C)C1=[N+](C(C)C)C2(C)[C@H](Cc3ccccc3C2(C)C)O1. The molecule has 2 nitrogen and oxygen atoms in total. The van der Waals surface area contributed by atoms with Crippen LogP contribution < -0.4 is 0 Å². The van der Waals surface area contributed by atoms with E-state index in [1.165, 1.54) is 17.0 Å². The van der Waals surface area contributed by atoms with Crippen molar-refractivity contribution in [3.8, 4) is 0 Å². The Balaban J connectivity index is 2.23. The van der Waals surface area contributed by atoms with Gasteiger partial charge >= 0.3 is 5.90 Å². The van der Waals surface area contributed by atoms with Gasteiger partial charge in [0.05, 0.1) is 11.3 Å². The molecule has 1 aromatic carbocycles. The Morgan fingerprint density at radius 1 is 1.09 bits per heavy atom. The van der Waals surface area contributed by atoms with Crippen LogP contribution in [0.4, 0.5) is 0 Å². The highest BCUT2D eigenvalue weighted by Crippen LogP contribution is 2.50. The van der Waals surface area contributed by atoms with Crippen LogP contribution in [0.3, 0.4) is 0 Å².